The van der Waals surface area contributed by atoms with Crippen molar-refractivity contribution in [1.29, 1.82) is 0 Å². The van der Waals surface area contributed by atoms with Crippen molar-refractivity contribution in [3.8, 4) is 0 Å². The summed E-state index contributed by atoms with van der Waals surface area (Å²) in [6.45, 7) is 4.10. The summed E-state index contributed by atoms with van der Waals surface area (Å²) in [6.07, 6.45) is 0. The Morgan fingerprint density at radius 2 is 2.09 bits per heavy atom. The molecule has 0 saturated carbocycles. The standard InChI is InChI=1S/C9H12IN/c1-6-3-4-8(7(2)11)5-9(6)10/h3-5,7H,11H2,1-2H3. The van der Waals surface area contributed by atoms with Crippen LogP contribution in [0.3, 0.4) is 0 Å². The molecule has 1 aromatic carbocycles. The van der Waals surface area contributed by atoms with Crippen molar-refractivity contribution in [2.24, 2.45) is 5.73 Å². The van der Waals surface area contributed by atoms with Crippen LogP contribution in [0.15, 0.2) is 18.2 Å². The molecule has 60 valence electrons. The third kappa shape index (κ3) is 2.17. The first-order valence-corrected chi connectivity index (χ1v) is 4.71. The largest absolute Gasteiger partial charge is 0.324 e. The number of hydrogen-bond donors (Lipinski definition) is 1. The van der Waals surface area contributed by atoms with Gasteiger partial charge >= 0.3 is 0 Å². The summed E-state index contributed by atoms with van der Waals surface area (Å²) >= 11 is 2.33. The van der Waals surface area contributed by atoms with Crippen molar-refractivity contribution in [1.82, 2.24) is 0 Å². The van der Waals surface area contributed by atoms with E-state index in [0.29, 0.717) is 0 Å². The van der Waals surface area contributed by atoms with Crippen molar-refractivity contribution < 1.29 is 0 Å². The molecule has 0 bridgehead atoms. The van der Waals surface area contributed by atoms with Crippen LogP contribution in [0, 0.1) is 10.5 Å². The van der Waals surface area contributed by atoms with E-state index in [9.17, 15) is 0 Å². The second kappa shape index (κ2) is 3.54. The van der Waals surface area contributed by atoms with E-state index in [-0.39, 0.29) is 6.04 Å². The molecule has 0 fully saturated rings. The molecule has 0 aliphatic heterocycles. The summed E-state index contributed by atoms with van der Waals surface area (Å²) in [5, 5.41) is 0. The smallest absolute Gasteiger partial charge is 0.0266 e. The second-order valence-corrected chi connectivity index (χ2v) is 3.96. The zero-order valence-electron chi connectivity index (χ0n) is 6.76. The van der Waals surface area contributed by atoms with Crippen LogP contribution in [-0.2, 0) is 0 Å². The molecule has 11 heavy (non-hydrogen) atoms. The monoisotopic (exact) mass is 261 g/mol. The van der Waals surface area contributed by atoms with Gasteiger partial charge in [-0.15, -0.1) is 0 Å². The predicted octanol–water partition coefficient (Wildman–Crippen LogP) is 2.62. The van der Waals surface area contributed by atoms with Crippen LogP contribution in [0.25, 0.3) is 0 Å². The van der Waals surface area contributed by atoms with Gasteiger partial charge in [-0.05, 0) is 53.6 Å². The molecule has 1 unspecified atom stereocenters. The third-order valence-electron chi connectivity index (χ3n) is 1.72. The van der Waals surface area contributed by atoms with E-state index in [1.807, 2.05) is 6.92 Å². The average Bonchev–Trinajstić information content (AvgIpc) is 1.94. The van der Waals surface area contributed by atoms with Gasteiger partial charge in [0, 0.05) is 9.61 Å². The molecule has 0 aliphatic rings. The molecule has 2 heteroatoms. The van der Waals surface area contributed by atoms with Crippen LogP contribution in [0.2, 0.25) is 0 Å². The quantitative estimate of drug-likeness (QED) is 0.772. The summed E-state index contributed by atoms with van der Waals surface area (Å²) < 4.78 is 1.29. The van der Waals surface area contributed by atoms with E-state index in [1.54, 1.807) is 0 Å². The van der Waals surface area contributed by atoms with Gasteiger partial charge in [0.15, 0.2) is 0 Å². The van der Waals surface area contributed by atoms with Crippen LogP contribution in [0.1, 0.15) is 24.1 Å². The van der Waals surface area contributed by atoms with Gasteiger partial charge in [0.25, 0.3) is 0 Å². The zero-order valence-corrected chi connectivity index (χ0v) is 8.92. The van der Waals surface area contributed by atoms with Crippen molar-refractivity contribution in [2.45, 2.75) is 19.9 Å². The van der Waals surface area contributed by atoms with Crippen molar-refractivity contribution in [2.75, 3.05) is 0 Å². The third-order valence-corrected chi connectivity index (χ3v) is 2.88. The molecular formula is C9H12IN. The fourth-order valence-corrected chi connectivity index (χ4v) is 1.43. The Morgan fingerprint density at radius 3 is 2.55 bits per heavy atom. The minimum absolute atomic E-state index is 0.143. The first-order chi connectivity index (χ1) is 5.11. The topological polar surface area (TPSA) is 26.0 Å². The number of nitrogens with two attached hydrogens (primary N) is 1. The van der Waals surface area contributed by atoms with E-state index < -0.39 is 0 Å². The number of halogens is 1. The highest BCUT2D eigenvalue weighted by Gasteiger charge is 2.00. The number of benzene rings is 1. The molecule has 0 saturated heterocycles. The van der Waals surface area contributed by atoms with Crippen LogP contribution in [0.5, 0.6) is 0 Å². The lowest BCUT2D eigenvalue weighted by atomic mass is 10.1. The Bertz CT molecular complexity index is 256. The molecule has 0 aliphatic carbocycles. The average molecular weight is 261 g/mol. The molecular weight excluding hydrogens is 249 g/mol. The Morgan fingerprint density at radius 1 is 1.45 bits per heavy atom. The Kier molecular flexibility index (Phi) is 2.90. The molecule has 1 rings (SSSR count). The van der Waals surface area contributed by atoms with Gasteiger partial charge in [0.1, 0.15) is 0 Å². The molecule has 0 aromatic heterocycles. The van der Waals surface area contributed by atoms with Gasteiger partial charge in [0.05, 0.1) is 0 Å². The zero-order chi connectivity index (χ0) is 8.43. The van der Waals surface area contributed by atoms with Gasteiger partial charge in [-0.2, -0.15) is 0 Å². The summed E-state index contributed by atoms with van der Waals surface area (Å²) in [7, 11) is 0. The minimum Gasteiger partial charge on any atom is -0.324 e. The fraction of sp³-hybridized carbons (Fsp3) is 0.333. The maximum absolute atomic E-state index is 5.73. The number of hydrogen-bond acceptors (Lipinski definition) is 1. The first-order valence-electron chi connectivity index (χ1n) is 3.63. The van der Waals surface area contributed by atoms with Gasteiger partial charge < -0.3 is 5.73 Å². The summed E-state index contributed by atoms with van der Waals surface area (Å²) in [5.41, 5.74) is 8.25. The highest BCUT2D eigenvalue weighted by Crippen LogP contribution is 2.16. The molecule has 1 nitrogen and oxygen atoms in total. The number of rotatable bonds is 1. The lowest BCUT2D eigenvalue weighted by molar-refractivity contribution is 0.817. The summed E-state index contributed by atoms with van der Waals surface area (Å²) in [4.78, 5) is 0. The highest BCUT2D eigenvalue weighted by atomic mass is 127. The lowest BCUT2D eigenvalue weighted by Crippen LogP contribution is -2.05. The van der Waals surface area contributed by atoms with E-state index in [4.69, 9.17) is 5.73 Å². The molecule has 0 radical (unpaired) electrons. The molecule has 0 heterocycles. The van der Waals surface area contributed by atoms with Gasteiger partial charge in [0.2, 0.25) is 0 Å². The Hall–Kier alpha value is -0.0900. The first kappa shape index (κ1) is 9.00. The SMILES string of the molecule is Cc1ccc(C(C)N)cc1I. The van der Waals surface area contributed by atoms with E-state index in [2.05, 4.69) is 47.7 Å². The highest BCUT2D eigenvalue weighted by molar-refractivity contribution is 14.1. The van der Waals surface area contributed by atoms with E-state index in [0.717, 1.165) is 0 Å². The van der Waals surface area contributed by atoms with Crippen LogP contribution < -0.4 is 5.73 Å². The second-order valence-electron chi connectivity index (χ2n) is 2.80. The van der Waals surface area contributed by atoms with Crippen LogP contribution >= 0.6 is 22.6 Å². The summed E-state index contributed by atoms with van der Waals surface area (Å²) in [5.74, 6) is 0. The van der Waals surface area contributed by atoms with Crippen LogP contribution in [0.4, 0.5) is 0 Å². The van der Waals surface area contributed by atoms with Crippen molar-refractivity contribution >= 4 is 22.6 Å². The van der Waals surface area contributed by atoms with Gasteiger partial charge in [-0.3, -0.25) is 0 Å². The van der Waals surface area contributed by atoms with Gasteiger partial charge in [-0.25, -0.2) is 0 Å². The molecule has 2 N–H and O–H groups in total. The molecule has 1 aromatic rings. The molecule has 0 spiro atoms. The maximum atomic E-state index is 5.73. The Labute approximate surface area is 81.1 Å². The minimum atomic E-state index is 0.143. The lowest BCUT2D eigenvalue weighted by Gasteiger charge is -2.06. The molecule has 0 amide bonds. The van der Waals surface area contributed by atoms with Gasteiger partial charge in [-0.1, -0.05) is 12.1 Å². The van der Waals surface area contributed by atoms with Crippen molar-refractivity contribution in [3.63, 3.8) is 0 Å². The van der Waals surface area contributed by atoms with Crippen LogP contribution in [-0.4, -0.2) is 0 Å². The maximum Gasteiger partial charge on any atom is 0.0266 e. The summed E-state index contributed by atoms with van der Waals surface area (Å²) in [6, 6.07) is 6.48. The van der Waals surface area contributed by atoms with Crippen molar-refractivity contribution in [3.05, 3.63) is 32.9 Å². The fourth-order valence-electron chi connectivity index (χ4n) is 0.892. The predicted molar refractivity (Wildman–Crippen MR) is 56.5 cm³/mol. The molecule has 1 atom stereocenters. The normalized spacial score (nSPS) is 13.1. The van der Waals surface area contributed by atoms with E-state index >= 15 is 0 Å². The number of aryl methyl sites for hydroxylation is 1. The van der Waals surface area contributed by atoms with E-state index in [1.165, 1.54) is 14.7 Å². The Balaban J connectivity index is 3.05.